The number of carbonyl (C=O) groups is 1. The monoisotopic (exact) mass is 572 g/mol. The lowest BCUT2D eigenvalue weighted by atomic mass is 10.0. The zero-order valence-electron chi connectivity index (χ0n) is 23.9. The van der Waals surface area contributed by atoms with Gasteiger partial charge >= 0.3 is 6.03 Å². The Morgan fingerprint density at radius 1 is 1.30 bits per heavy atom. The van der Waals surface area contributed by atoms with E-state index in [9.17, 15) is 18.3 Å². The fraction of sp³-hybridized carbons (Fsp3) is 0.586. The molecule has 1 saturated carbocycles. The molecule has 218 valence electrons. The van der Waals surface area contributed by atoms with E-state index in [-0.39, 0.29) is 42.3 Å². The summed E-state index contributed by atoms with van der Waals surface area (Å²) in [6.45, 7) is 7.01. The van der Waals surface area contributed by atoms with E-state index >= 15 is 0 Å². The van der Waals surface area contributed by atoms with Crippen LogP contribution in [0.2, 0.25) is 0 Å². The molecule has 10 nitrogen and oxygen atoms in total. The maximum Gasteiger partial charge on any atom is 0.321 e. The predicted molar refractivity (Wildman–Crippen MR) is 152 cm³/mol. The van der Waals surface area contributed by atoms with Gasteiger partial charge in [-0.05, 0) is 57.7 Å². The van der Waals surface area contributed by atoms with Crippen LogP contribution in [0.5, 0.6) is 5.75 Å². The summed E-state index contributed by atoms with van der Waals surface area (Å²) in [6, 6.07) is 3.90. The Kier molecular flexibility index (Phi) is 9.44. The van der Waals surface area contributed by atoms with Crippen LogP contribution in [0.3, 0.4) is 0 Å². The Hall–Kier alpha value is -3.07. The quantitative estimate of drug-likeness (QED) is 0.498. The maximum absolute atomic E-state index is 13.7. The molecule has 11 heteroatoms. The SMILES string of the molecule is Cc1noc(C)c1NC(=O)N(C)C[C@@H]1Oc2cc(C#CCC3CCCC3)ccc2S(=O)(=O)N([C@@H](C)CO)C[C@@H]1C. The smallest absolute Gasteiger partial charge is 0.321 e. The lowest BCUT2D eigenvalue weighted by Gasteiger charge is -2.37. The molecular weight excluding hydrogens is 532 g/mol. The number of aliphatic hydroxyl groups is 1. The average molecular weight is 573 g/mol. The number of fused-ring (bicyclic) bond motifs is 1. The first-order valence-corrected chi connectivity index (χ1v) is 15.3. The van der Waals surface area contributed by atoms with E-state index in [0.29, 0.717) is 28.6 Å². The van der Waals surface area contributed by atoms with Crippen LogP contribution in [-0.4, -0.2) is 72.8 Å². The van der Waals surface area contributed by atoms with Gasteiger partial charge in [-0.25, -0.2) is 13.2 Å². The van der Waals surface area contributed by atoms with Crippen LogP contribution >= 0.6 is 0 Å². The van der Waals surface area contributed by atoms with Crippen LogP contribution in [0.15, 0.2) is 27.6 Å². The number of ether oxygens (including phenoxy) is 1. The molecule has 0 radical (unpaired) electrons. The largest absolute Gasteiger partial charge is 0.487 e. The van der Waals surface area contributed by atoms with Gasteiger partial charge in [-0.15, -0.1) is 0 Å². The van der Waals surface area contributed by atoms with Crippen molar-refractivity contribution in [2.45, 2.75) is 76.8 Å². The third kappa shape index (κ3) is 6.62. The number of sulfonamides is 1. The van der Waals surface area contributed by atoms with Crippen LogP contribution in [0.4, 0.5) is 10.5 Å². The number of nitrogens with zero attached hydrogens (tertiary/aromatic N) is 3. The summed E-state index contributed by atoms with van der Waals surface area (Å²) in [5, 5.41) is 16.6. The molecule has 2 N–H and O–H groups in total. The first-order valence-electron chi connectivity index (χ1n) is 13.9. The number of aliphatic hydroxyl groups excluding tert-OH is 1. The van der Waals surface area contributed by atoms with Gasteiger partial charge in [0.2, 0.25) is 10.0 Å². The van der Waals surface area contributed by atoms with Gasteiger partial charge in [-0.1, -0.05) is 36.8 Å². The summed E-state index contributed by atoms with van der Waals surface area (Å²) < 4.78 is 40.3. The maximum atomic E-state index is 13.7. The minimum atomic E-state index is -3.96. The van der Waals surface area contributed by atoms with E-state index in [1.54, 1.807) is 40.0 Å². The molecule has 2 amide bonds. The highest BCUT2D eigenvalue weighted by Gasteiger charge is 2.38. The highest BCUT2D eigenvalue weighted by Crippen LogP contribution is 2.34. The zero-order valence-corrected chi connectivity index (χ0v) is 24.8. The molecule has 0 saturated heterocycles. The highest BCUT2D eigenvalue weighted by molar-refractivity contribution is 7.89. The standard InChI is InChI=1S/C29H40N4O6S/c1-19-16-33(20(2)18-34)40(36,37)27-14-13-24(12-8-11-23-9-6-7-10-23)15-25(27)38-26(19)17-32(5)29(35)30-28-21(3)31-39-22(28)4/h13-15,19-20,23,26,34H,6-7,9-11,16-18H2,1-5H3,(H,30,35)/t19-,20-,26-/m0/s1. The normalized spacial score (nSPS) is 21.8. The number of hydrogen-bond donors (Lipinski definition) is 2. The number of carbonyl (C=O) groups excluding carboxylic acids is 1. The number of benzene rings is 1. The van der Waals surface area contributed by atoms with Gasteiger partial charge in [-0.2, -0.15) is 4.31 Å². The minimum Gasteiger partial charge on any atom is -0.487 e. The predicted octanol–water partition coefficient (Wildman–Crippen LogP) is 4.16. The van der Waals surface area contributed by atoms with E-state index in [2.05, 4.69) is 22.3 Å². The van der Waals surface area contributed by atoms with E-state index in [1.165, 1.54) is 41.0 Å². The van der Waals surface area contributed by atoms with Crippen LogP contribution < -0.4 is 10.1 Å². The van der Waals surface area contributed by atoms with Crippen LogP contribution in [0.25, 0.3) is 0 Å². The number of nitrogens with one attached hydrogen (secondary N) is 1. The third-order valence-electron chi connectivity index (χ3n) is 7.83. The molecule has 0 unspecified atom stereocenters. The lowest BCUT2D eigenvalue weighted by molar-refractivity contribution is 0.0830. The number of rotatable bonds is 6. The summed E-state index contributed by atoms with van der Waals surface area (Å²) in [5.41, 5.74) is 1.76. The van der Waals surface area contributed by atoms with E-state index < -0.39 is 22.2 Å². The average Bonchev–Trinajstić information content (AvgIpc) is 3.55. The van der Waals surface area contributed by atoms with Crippen LogP contribution in [-0.2, 0) is 10.0 Å². The van der Waals surface area contributed by atoms with Crippen LogP contribution in [0.1, 0.15) is 63.0 Å². The van der Waals surface area contributed by atoms with Gasteiger partial charge in [0.15, 0.2) is 5.76 Å². The summed E-state index contributed by atoms with van der Waals surface area (Å²) in [7, 11) is -2.31. The summed E-state index contributed by atoms with van der Waals surface area (Å²) in [6.07, 6.45) is 5.20. The van der Waals surface area contributed by atoms with Crippen molar-refractivity contribution in [3.8, 4) is 17.6 Å². The number of aryl methyl sites for hydroxylation is 2. The molecule has 0 spiro atoms. The van der Waals surface area contributed by atoms with Crippen molar-refractivity contribution in [1.29, 1.82) is 0 Å². The molecule has 40 heavy (non-hydrogen) atoms. The number of anilines is 1. The number of aromatic nitrogens is 1. The van der Waals surface area contributed by atoms with E-state index in [0.717, 1.165) is 6.42 Å². The number of amides is 2. The first kappa shape index (κ1) is 29.9. The van der Waals surface area contributed by atoms with Crippen molar-refractivity contribution in [3.05, 3.63) is 35.2 Å². The second-order valence-corrected chi connectivity index (χ2v) is 12.9. The zero-order chi connectivity index (χ0) is 29.0. The second kappa shape index (κ2) is 12.6. The lowest BCUT2D eigenvalue weighted by Crippen LogP contribution is -2.50. The van der Waals surface area contributed by atoms with Gasteiger partial charge in [0.1, 0.15) is 28.1 Å². The Balaban J connectivity index is 1.62. The summed E-state index contributed by atoms with van der Waals surface area (Å²) in [4.78, 5) is 14.5. The Bertz CT molecular complexity index is 1350. The molecule has 1 aliphatic heterocycles. The topological polar surface area (TPSA) is 125 Å². The second-order valence-electron chi connectivity index (χ2n) is 11.1. The molecule has 1 aromatic carbocycles. The van der Waals surface area contributed by atoms with Gasteiger partial charge in [0.25, 0.3) is 0 Å². The third-order valence-corrected chi connectivity index (χ3v) is 9.85. The van der Waals surface area contributed by atoms with Crippen LogP contribution in [0, 0.1) is 37.5 Å². The summed E-state index contributed by atoms with van der Waals surface area (Å²) in [5.74, 6) is 7.46. The molecule has 2 heterocycles. The first-order chi connectivity index (χ1) is 19.0. The highest BCUT2D eigenvalue weighted by atomic mass is 32.2. The fourth-order valence-corrected chi connectivity index (χ4v) is 7.08. The van der Waals surface area contributed by atoms with Crippen molar-refractivity contribution < 1.29 is 27.6 Å². The molecule has 2 aromatic rings. The van der Waals surface area contributed by atoms with Gasteiger partial charge < -0.3 is 24.6 Å². The number of hydrogen-bond acceptors (Lipinski definition) is 7. The molecule has 0 bridgehead atoms. The minimum absolute atomic E-state index is 0.0221. The molecule has 1 fully saturated rings. The Labute approximate surface area is 237 Å². The number of urea groups is 1. The van der Waals surface area contributed by atoms with Gasteiger partial charge in [0, 0.05) is 37.5 Å². The van der Waals surface area contributed by atoms with Crippen molar-refractivity contribution >= 4 is 21.7 Å². The molecule has 2 aliphatic rings. The Morgan fingerprint density at radius 3 is 2.67 bits per heavy atom. The van der Waals surface area contributed by atoms with E-state index in [1.807, 2.05) is 6.92 Å². The fourth-order valence-electron chi connectivity index (χ4n) is 5.25. The molecule has 3 atom stereocenters. The molecular formula is C29H40N4O6S. The van der Waals surface area contributed by atoms with Crippen molar-refractivity contribution in [2.75, 3.05) is 32.1 Å². The van der Waals surface area contributed by atoms with Crippen molar-refractivity contribution in [3.63, 3.8) is 0 Å². The Morgan fingerprint density at radius 2 is 2.02 bits per heavy atom. The van der Waals surface area contributed by atoms with Gasteiger partial charge in [-0.3, -0.25) is 0 Å². The summed E-state index contributed by atoms with van der Waals surface area (Å²) >= 11 is 0. The molecule has 1 aliphatic carbocycles. The molecule has 4 rings (SSSR count). The van der Waals surface area contributed by atoms with Crippen molar-refractivity contribution in [2.24, 2.45) is 11.8 Å². The number of likely N-dealkylation sites (N-methyl/N-ethyl adjacent to an activating group) is 1. The van der Waals surface area contributed by atoms with E-state index in [4.69, 9.17) is 9.26 Å². The molecule has 1 aromatic heterocycles. The van der Waals surface area contributed by atoms with Crippen molar-refractivity contribution in [1.82, 2.24) is 14.4 Å². The van der Waals surface area contributed by atoms with Gasteiger partial charge in [0.05, 0.1) is 13.2 Å².